The molecular formula is C11H11N5O. The highest BCUT2D eigenvalue weighted by atomic mass is 16.1. The Morgan fingerprint density at radius 2 is 2.06 bits per heavy atom. The first kappa shape index (κ1) is 9.83. The van der Waals surface area contributed by atoms with Gasteiger partial charge in [-0.2, -0.15) is 0 Å². The third-order valence-electron chi connectivity index (χ3n) is 2.74. The largest absolute Gasteiger partial charge is 0.364 e. The first-order chi connectivity index (χ1) is 8.25. The van der Waals surface area contributed by atoms with Gasteiger partial charge in [-0.25, -0.2) is 9.50 Å². The summed E-state index contributed by atoms with van der Waals surface area (Å²) in [4.78, 5) is 17.4. The smallest absolute Gasteiger partial charge is 0.269 e. The maximum Gasteiger partial charge on any atom is 0.269 e. The van der Waals surface area contributed by atoms with Crippen molar-refractivity contribution in [2.45, 2.75) is 0 Å². The van der Waals surface area contributed by atoms with Crippen molar-refractivity contribution in [3.63, 3.8) is 0 Å². The Morgan fingerprint density at radius 3 is 2.76 bits per heavy atom. The van der Waals surface area contributed by atoms with E-state index in [0.717, 1.165) is 18.9 Å². The minimum absolute atomic E-state index is 0.300. The number of amides is 1. The van der Waals surface area contributed by atoms with Gasteiger partial charge in [0.1, 0.15) is 11.5 Å². The Hall–Kier alpha value is -2.37. The van der Waals surface area contributed by atoms with Crippen LogP contribution in [0.5, 0.6) is 0 Å². The number of primary amides is 1. The van der Waals surface area contributed by atoms with Gasteiger partial charge in [0, 0.05) is 13.1 Å². The first-order valence-electron chi connectivity index (χ1n) is 5.30. The lowest BCUT2D eigenvalue weighted by atomic mass is 10.4. The van der Waals surface area contributed by atoms with Gasteiger partial charge in [0.05, 0.1) is 6.20 Å². The summed E-state index contributed by atoms with van der Waals surface area (Å²) >= 11 is 0. The van der Waals surface area contributed by atoms with Crippen molar-refractivity contribution in [3.05, 3.63) is 36.2 Å². The summed E-state index contributed by atoms with van der Waals surface area (Å²) in [6, 6.07) is 3.72. The van der Waals surface area contributed by atoms with Gasteiger partial charge in [-0.1, -0.05) is 12.2 Å². The van der Waals surface area contributed by atoms with Crippen LogP contribution in [0.4, 0.5) is 5.82 Å². The Kier molecular flexibility index (Phi) is 2.07. The molecule has 0 fully saturated rings. The van der Waals surface area contributed by atoms with Gasteiger partial charge in [-0.3, -0.25) is 4.79 Å². The summed E-state index contributed by atoms with van der Waals surface area (Å²) in [5, 5.41) is 4.38. The minimum Gasteiger partial charge on any atom is -0.364 e. The Balaban J connectivity index is 2.10. The second-order valence-electron chi connectivity index (χ2n) is 3.85. The van der Waals surface area contributed by atoms with E-state index in [1.165, 1.54) is 10.7 Å². The maximum absolute atomic E-state index is 11.2. The average molecular weight is 229 g/mol. The molecule has 1 amide bonds. The van der Waals surface area contributed by atoms with E-state index in [1.807, 2.05) is 12.1 Å². The molecule has 86 valence electrons. The molecule has 0 unspecified atom stereocenters. The summed E-state index contributed by atoms with van der Waals surface area (Å²) in [7, 11) is 0. The van der Waals surface area contributed by atoms with Crippen LogP contribution in [0.25, 0.3) is 5.65 Å². The van der Waals surface area contributed by atoms with Crippen LogP contribution in [0.2, 0.25) is 0 Å². The fraction of sp³-hybridized carbons (Fsp3) is 0.182. The second-order valence-corrected chi connectivity index (χ2v) is 3.85. The van der Waals surface area contributed by atoms with Crippen LogP contribution in [0.15, 0.2) is 30.5 Å². The number of hydrogen-bond donors (Lipinski definition) is 1. The van der Waals surface area contributed by atoms with Gasteiger partial charge >= 0.3 is 0 Å². The van der Waals surface area contributed by atoms with Gasteiger partial charge in [0.2, 0.25) is 0 Å². The van der Waals surface area contributed by atoms with E-state index in [2.05, 4.69) is 27.1 Å². The third kappa shape index (κ3) is 1.54. The minimum atomic E-state index is -0.526. The van der Waals surface area contributed by atoms with Crippen molar-refractivity contribution in [1.29, 1.82) is 0 Å². The molecule has 1 aliphatic rings. The van der Waals surface area contributed by atoms with E-state index in [9.17, 15) is 4.79 Å². The molecule has 6 heteroatoms. The van der Waals surface area contributed by atoms with Gasteiger partial charge in [-0.05, 0) is 12.1 Å². The highest BCUT2D eigenvalue weighted by Crippen LogP contribution is 2.15. The molecule has 0 aromatic carbocycles. The zero-order valence-corrected chi connectivity index (χ0v) is 9.08. The van der Waals surface area contributed by atoms with E-state index in [0.29, 0.717) is 11.3 Å². The molecule has 0 radical (unpaired) electrons. The average Bonchev–Trinajstić information content (AvgIpc) is 2.97. The number of anilines is 1. The molecule has 17 heavy (non-hydrogen) atoms. The number of aromatic nitrogens is 3. The number of nitrogens with zero attached hydrogens (tertiary/aromatic N) is 4. The monoisotopic (exact) mass is 229 g/mol. The lowest BCUT2D eigenvalue weighted by Gasteiger charge is -2.15. The zero-order valence-electron chi connectivity index (χ0n) is 9.08. The summed E-state index contributed by atoms with van der Waals surface area (Å²) < 4.78 is 1.48. The predicted octanol–water partition coefficient (Wildman–Crippen LogP) is 0.204. The molecule has 0 saturated heterocycles. The fourth-order valence-electron chi connectivity index (χ4n) is 1.87. The fourth-order valence-corrected chi connectivity index (χ4v) is 1.87. The molecule has 1 aliphatic heterocycles. The molecule has 3 rings (SSSR count). The maximum atomic E-state index is 11.2. The van der Waals surface area contributed by atoms with Crippen LogP contribution in [0, 0.1) is 0 Å². The lowest BCUT2D eigenvalue weighted by molar-refractivity contribution is 0.0993. The van der Waals surface area contributed by atoms with Crippen molar-refractivity contribution in [2.75, 3.05) is 18.0 Å². The highest BCUT2D eigenvalue weighted by molar-refractivity contribution is 5.91. The number of fused-ring (bicyclic) bond motifs is 1. The van der Waals surface area contributed by atoms with E-state index < -0.39 is 5.91 Å². The number of imidazole rings is 1. The Bertz CT molecular complexity index is 607. The molecule has 3 heterocycles. The normalized spacial score (nSPS) is 14.7. The van der Waals surface area contributed by atoms with Crippen molar-refractivity contribution < 1.29 is 4.79 Å². The van der Waals surface area contributed by atoms with Crippen LogP contribution in [-0.2, 0) is 0 Å². The summed E-state index contributed by atoms with van der Waals surface area (Å²) in [5.41, 5.74) is 6.18. The molecule has 6 nitrogen and oxygen atoms in total. The van der Waals surface area contributed by atoms with Crippen LogP contribution < -0.4 is 10.6 Å². The van der Waals surface area contributed by atoms with Crippen LogP contribution in [-0.4, -0.2) is 33.6 Å². The molecule has 0 aliphatic carbocycles. The SMILES string of the molecule is NC(=O)c1cnc2ccc(N3CC=CC3)nn12. The predicted molar refractivity (Wildman–Crippen MR) is 62.9 cm³/mol. The molecule has 0 spiro atoms. The van der Waals surface area contributed by atoms with E-state index in [4.69, 9.17) is 5.73 Å². The molecule has 0 atom stereocenters. The van der Waals surface area contributed by atoms with Crippen LogP contribution in [0.3, 0.4) is 0 Å². The second kappa shape index (κ2) is 3.58. The number of nitrogens with two attached hydrogens (primary N) is 1. The number of carbonyl (C=O) groups excluding carboxylic acids is 1. The van der Waals surface area contributed by atoms with E-state index in [1.54, 1.807) is 0 Å². The van der Waals surface area contributed by atoms with Crippen molar-refractivity contribution in [3.8, 4) is 0 Å². The lowest BCUT2D eigenvalue weighted by Crippen LogP contribution is -2.22. The van der Waals surface area contributed by atoms with E-state index >= 15 is 0 Å². The first-order valence-corrected chi connectivity index (χ1v) is 5.30. The van der Waals surface area contributed by atoms with Gasteiger partial charge < -0.3 is 10.6 Å². The Morgan fingerprint density at radius 1 is 1.29 bits per heavy atom. The van der Waals surface area contributed by atoms with E-state index in [-0.39, 0.29) is 0 Å². The highest BCUT2D eigenvalue weighted by Gasteiger charge is 2.13. The topological polar surface area (TPSA) is 76.5 Å². The number of carbonyl (C=O) groups is 1. The van der Waals surface area contributed by atoms with Gasteiger partial charge in [-0.15, -0.1) is 5.10 Å². The van der Waals surface area contributed by atoms with Crippen molar-refractivity contribution in [1.82, 2.24) is 14.6 Å². The number of rotatable bonds is 2. The summed E-state index contributed by atoms with van der Waals surface area (Å²) in [5.74, 6) is 0.282. The third-order valence-corrected chi connectivity index (χ3v) is 2.74. The molecule has 0 saturated carbocycles. The van der Waals surface area contributed by atoms with Gasteiger partial charge in [0.25, 0.3) is 5.91 Å². The van der Waals surface area contributed by atoms with Crippen molar-refractivity contribution >= 4 is 17.4 Å². The summed E-state index contributed by atoms with van der Waals surface area (Å²) in [6.07, 6.45) is 5.60. The molecular weight excluding hydrogens is 218 g/mol. The van der Waals surface area contributed by atoms with Crippen molar-refractivity contribution in [2.24, 2.45) is 5.73 Å². The summed E-state index contributed by atoms with van der Waals surface area (Å²) in [6.45, 7) is 1.66. The van der Waals surface area contributed by atoms with Crippen LogP contribution in [0.1, 0.15) is 10.5 Å². The van der Waals surface area contributed by atoms with Gasteiger partial charge in [0.15, 0.2) is 5.65 Å². The zero-order chi connectivity index (χ0) is 11.8. The quantitative estimate of drug-likeness (QED) is 0.746. The molecule has 2 aromatic rings. The standard InChI is InChI=1S/C11H11N5O/c12-11(17)8-7-13-9-3-4-10(14-16(8)9)15-5-1-2-6-15/h1-4,7H,5-6H2,(H2,12,17). The Labute approximate surface area is 97.3 Å². The molecule has 2 aromatic heterocycles. The molecule has 2 N–H and O–H groups in total. The number of hydrogen-bond acceptors (Lipinski definition) is 4. The molecule has 0 bridgehead atoms. The van der Waals surface area contributed by atoms with Crippen LogP contribution >= 0.6 is 0 Å².